The van der Waals surface area contributed by atoms with Gasteiger partial charge in [-0.25, -0.2) is 13.8 Å². The van der Waals surface area contributed by atoms with Crippen LogP contribution in [0.3, 0.4) is 0 Å². The molecule has 0 radical (unpaired) electrons. The van der Waals surface area contributed by atoms with Crippen LogP contribution in [0, 0.1) is 17.6 Å². The van der Waals surface area contributed by atoms with E-state index in [1.54, 1.807) is 28.9 Å². The number of hydrogen-bond acceptors (Lipinski definition) is 4. The summed E-state index contributed by atoms with van der Waals surface area (Å²) in [5, 5.41) is 10.2. The summed E-state index contributed by atoms with van der Waals surface area (Å²) in [6, 6.07) is 6.35. The van der Waals surface area contributed by atoms with Crippen LogP contribution in [-0.2, 0) is 4.79 Å². The Balaban J connectivity index is 1.56. The number of thioether (sulfide) groups is 1. The van der Waals surface area contributed by atoms with E-state index in [9.17, 15) is 13.6 Å². The highest BCUT2D eigenvalue weighted by Crippen LogP contribution is 2.40. The van der Waals surface area contributed by atoms with Gasteiger partial charge in [0.2, 0.25) is 0 Å². The monoisotopic (exact) mass is 404 g/mol. The second-order valence-corrected chi connectivity index (χ2v) is 8.83. The lowest BCUT2D eigenvalue weighted by Crippen LogP contribution is -2.48. The molecule has 0 unspecified atom stereocenters. The van der Waals surface area contributed by atoms with E-state index in [-0.39, 0.29) is 18.0 Å². The maximum Gasteiger partial charge on any atom is 0.303 e. The molecule has 0 spiro atoms. The molecule has 2 heterocycles. The van der Waals surface area contributed by atoms with Crippen LogP contribution in [0.15, 0.2) is 35.5 Å². The van der Waals surface area contributed by atoms with Crippen molar-refractivity contribution in [2.45, 2.75) is 42.4 Å². The molecular weight excluding hydrogens is 382 g/mol. The molecular formula is C21H22F2N2O2S. The van der Waals surface area contributed by atoms with Crippen LogP contribution >= 0.6 is 11.8 Å². The minimum Gasteiger partial charge on any atom is -0.481 e. The first-order valence-corrected chi connectivity index (χ1v) is 10.5. The summed E-state index contributed by atoms with van der Waals surface area (Å²) in [7, 11) is 0. The molecule has 4 rings (SSSR count). The van der Waals surface area contributed by atoms with Gasteiger partial charge >= 0.3 is 5.97 Å². The largest absolute Gasteiger partial charge is 0.481 e. The van der Waals surface area contributed by atoms with Crippen molar-refractivity contribution in [3.05, 3.63) is 42.1 Å². The standard InChI is InChI=1S/C21H22F2N2O2S/c22-17-9-14(10-18(23)20(17)25-11-13(12-25)8-19(26)27)16-6-3-7-24-21(16)28-15-4-1-2-5-15/h3,6-7,9-10,13,15H,1-2,4-5,8,11-12H2,(H,26,27). The van der Waals surface area contributed by atoms with Crippen molar-refractivity contribution < 1.29 is 18.7 Å². The zero-order valence-electron chi connectivity index (χ0n) is 15.4. The van der Waals surface area contributed by atoms with Gasteiger partial charge in [0.25, 0.3) is 0 Å². The summed E-state index contributed by atoms with van der Waals surface area (Å²) in [5.41, 5.74) is 1.16. The summed E-state index contributed by atoms with van der Waals surface area (Å²) >= 11 is 1.69. The Morgan fingerprint density at radius 2 is 1.89 bits per heavy atom. The average molecular weight is 404 g/mol. The summed E-state index contributed by atoms with van der Waals surface area (Å²) < 4.78 is 29.5. The van der Waals surface area contributed by atoms with Crippen molar-refractivity contribution in [1.82, 2.24) is 4.98 Å². The number of halogens is 2. The van der Waals surface area contributed by atoms with Gasteiger partial charge in [0, 0.05) is 36.0 Å². The SMILES string of the molecule is O=C(O)CC1CN(c2c(F)cc(-c3cccnc3SC3CCCC3)cc2F)C1. The van der Waals surface area contributed by atoms with Crippen molar-refractivity contribution in [3.63, 3.8) is 0 Å². The molecule has 1 saturated carbocycles. The smallest absolute Gasteiger partial charge is 0.303 e. The third kappa shape index (κ3) is 3.99. The first kappa shape index (κ1) is 19.2. The minimum atomic E-state index is -0.884. The summed E-state index contributed by atoms with van der Waals surface area (Å²) in [6.07, 6.45) is 6.47. The molecule has 0 atom stereocenters. The lowest BCUT2D eigenvalue weighted by atomic mass is 9.95. The van der Waals surface area contributed by atoms with Gasteiger partial charge in [0.05, 0.1) is 6.42 Å². The van der Waals surface area contributed by atoms with E-state index in [0.717, 1.165) is 23.4 Å². The highest BCUT2D eigenvalue weighted by molar-refractivity contribution is 8.00. The molecule has 1 aromatic heterocycles. The zero-order valence-corrected chi connectivity index (χ0v) is 16.2. The van der Waals surface area contributed by atoms with E-state index >= 15 is 0 Å². The Bertz CT molecular complexity index is 857. The maximum absolute atomic E-state index is 14.8. The number of carboxylic acid groups (broad SMARTS) is 1. The van der Waals surface area contributed by atoms with Gasteiger partial charge in [-0.05, 0) is 36.6 Å². The van der Waals surface area contributed by atoms with Crippen LogP contribution in [-0.4, -0.2) is 34.4 Å². The van der Waals surface area contributed by atoms with Crippen LogP contribution in [0.2, 0.25) is 0 Å². The first-order chi connectivity index (χ1) is 13.5. The number of benzene rings is 1. The van der Waals surface area contributed by atoms with E-state index in [0.29, 0.717) is 23.9 Å². The molecule has 2 aliphatic rings. The van der Waals surface area contributed by atoms with Crippen LogP contribution < -0.4 is 4.90 Å². The van der Waals surface area contributed by atoms with Crippen molar-refractivity contribution in [2.24, 2.45) is 5.92 Å². The molecule has 0 amide bonds. The lowest BCUT2D eigenvalue weighted by molar-refractivity contribution is -0.138. The number of rotatable bonds is 6. The van der Waals surface area contributed by atoms with Gasteiger partial charge in [0.1, 0.15) is 22.3 Å². The Hall–Kier alpha value is -2.15. The molecule has 148 valence electrons. The maximum atomic E-state index is 14.8. The summed E-state index contributed by atoms with van der Waals surface area (Å²) in [6.45, 7) is 0.713. The van der Waals surface area contributed by atoms with Crippen LogP contribution in [0.1, 0.15) is 32.1 Å². The Labute approximate surface area is 167 Å². The number of pyridine rings is 1. The van der Waals surface area contributed by atoms with Crippen molar-refractivity contribution >= 4 is 23.4 Å². The van der Waals surface area contributed by atoms with Gasteiger partial charge in [-0.2, -0.15) is 0 Å². The topological polar surface area (TPSA) is 53.4 Å². The number of nitrogens with zero attached hydrogens (tertiary/aromatic N) is 2. The molecule has 1 saturated heterocycles. The lowest BCUT2D eigenvalue weighted by Gasteiger charge is -2.40. The molecule has 1 N–H and O–H groups in total. The molecule has 0 bridgehead atoms. The fraction of sp³-hybridized carbons (Fsp3) is 0.429. The van der Waals surface area contributed by atoms with E-state index in [2.05, 4.69) is 4.98 Å². The molecule has 1 aliphatic carbocycles. The van der Waals surface area contributed by atoms with Gasteiger partial charge in [0.15, 0.2) is 0 Å². The van der Waals surface area contributed by atoms with Crippen LogP contribution in [0.25, 0.3) is 11.1 Å². The predicted octanol–water partition coefficient (Wildman–Crippen LogP) is 4.97. The highest BCUT2D eigenvalue weighted by atomic mass is 32.2. The fourth-order valence-corrected chi connectivity index (χ4v) is 5.34. The Kier molecular flexibility index (Phi) is 5.53. The average Bonchev–Trinajstić information content (AvgIpc) is 3.12. The number of aliphatic carboxylic acids is 1. The third-order valence-corrected chi connectivity index (χ3v) is 6.77. The second kappa shape index (κ2) is 8.07. The first-order valence-electron chi connectivity index (χ1n) is 9.59. The predicted molar refractivity (Wildman–Crippen MR) is 106 cm³/mol. The Morgan fingerprint density at radius 1 is 1.21 bits per heavy atom. The number of aromatic nitrogens is 1. The van der Waals surface area contributed by atoms with E-state index in [1.165, 1.54) is 25.0 Å². The van der Waals surface area contributed by atoms with Gasteiger partial charge in [-0.15, -0.1) is 11.8 Å². The molecule has 4 nitrogen and oxygen atoms in total. The molecule has 2 aromatic rings. The van der Waals surface area contributed by atoms with E-state index in [1.807, 2.05) is 6.07 Å². The summed E-state index contributed by atoms with van der Waals surface area (Å²) in [4.78, 5) is 16.8. The molecule has 2 fully saturated rings. The molecule has 1 aromatic carbocycles. The fourth-order valence-electron chi connectivity index (χ4n) is 4.02. The molecule has 7 heteroatoms. The van der Waals surface area contributed by atoms with Crippen molar-refractivity contribution in [1.29, 1.82) is 0 Å². The van der Waals surface area contributed by atoms with Crippen molar-refractivity contribution in [2.75, 3.05) is 18.0 Å². The molecule has 1 aliphatic heterocycles. The van der Waals surface area contributed by atoms with Gasteiger partial charge < -0.3 is 10.0 Å². The normalized spacial score (nSPS) is 17.7. The van der Waals surface area contributed by atoms with E-state index < -0.39 is 17.6 Å². The number of carbonyl (C=O) groups is 1. The van der Waals surface area contributed by atoms with Gasteiger partial charge in [-0.1, -0.05) is 18.9 Å². The highest BCUT2D eigenvalue weighted by Gasteiger charge is 2.32. The third-order valence-electron chi connectivity index (χ3n) is 5.42. The number of carboxylic acids is 1. The summed E-state index contributed by atoms with van der Waals surface area (Å²) in [5.74, 6) is -2.19. The minimum absolute atomic E-state index is 0.0231. The Morgan fingerprint density at radius 3 is 2.54 bits per heavy atom. The van der Waals surface area contributed by atoms with Crippen LogP contribution in [0.5, 0.6) is 0 Å². The second-order valence-electron chi connectivity index (χ2n) is 7.54. The number of hydrogen-bond donors (Lipinski definition) is 1. The quantitative estimate of drug-likeness (QED) is 0.737. The van der Waals surface area contributed by atoms with Gasteiger partial charge in [-0.3, -0.25) is 4.79 Å². The zero-order chi connectivity index (χ0) is 19.7. The van der Waals surface area contributed by atoms with Crippen molar-refractivity contribution in [3.8, 4) is 11.1 Å². The molecule has 28 heavy (non-hydrogen) atoms. The van der Waals surface area contributed by atoms with E-state index in [4.69, 9.17) is 5.11 Å². The number of anilines is 1. The van der Waals surface area contributed by atoms with Crippen LogP contribution in [0.4, 0.5) is 14.5 Å².